The van der Waals surface area contributed by atoms with Gasteiger partial charge in [0.1, 0.15) is 17.2 Å². The minimum atomic E-state index is -0.444. The quantitative estimate of drug-likeness (QED) is 0.646. The summed E-state index contributed by atoms with van der Waals surface area (Å²) in [6.07, 6.45) is 0. The van der Waals surface area contributed by atoms with E-state index in [1.54, 1.807) is 26.0 Å². The third kappa shape index (κ3) is 2.23. The van der Waals surface area contributed by atoms with Gasteiger partial charge in [-0.05, 0) is 43.7 Å². The number of ketones is 1. The van der Waals surface area contributed by atoms with E-state index in [1.165, 1.54) is 24.3 Å². The van der Waals surface area contributed by atoms with Crippen molar-refractivity contribution < 1.29 is 18.0 Å². The Morgan fingerprint density at radius 1 is 1.05 bits per heavy atom. The maximum Gasteiger partial charge on any atom is 0.228 e. The van der Waals surface area contributed by atoms with Crippen LogP contribution in [0.1, 0.15) is 27.2 Å². The van der Waals surface area contributed by atoms with E-state index in [0.717, 1.165) is 0 Å². The first kappa shape index (κ1) is 13.5. The number of carbonyl (C=O) groups excluding carboxylic acids is 1. The first-order chi connectivity index (χ1) is 9.97. The number of halogens is 2. The van der Waals surface area contributed by atoms with Gasteiger partial charge in [0.05, 0.1) is 0 Å². The Morgan fingerprint density at radius 3 is 2.52 bits per heavy atom. The Kier molecular flexibility index (Phi) is 3.09. The van der Waals surface area contributed by atoms with Gasteiger partial charge in [-0.1, -0.05) is 12.1 Å². The summed E-state index contributed by atoms with van der Waals surface area (Å²) < 4.78 is 32.4. The minimum absolute atomic E-state index is 0.110. The van der Waals surface area contributed by atoms with Crippen LogP contribution < -0.4 is 0 Å². The van der Waals surface area contributed by atoms with Crippen molar-refractivity contribution in [2.45, 2.75) is 13.8 Å². The summed E-state index contributed by atoms with van der Waals surface area (Å²) in [7, 11) is 0. The molecule has 0 spiro atoms. The van der Waals surface area contributed by atoms with Gasteiger partial charge >= 0.3 is 0 Å². The second kappa shape index (κ2) is 4.81. The van der Waals surface area contributed by atoms with Gasteiger partial charge in [0.15, 0.2) is 5.76 Å². The van der Waals surface area contributed by atoms with E-state index in [4.69, 9.17) is 4.42 Å². The largest absolute Gasteiger partial charge is 0.452 e. The van der Waals surface area contributed by atoms with Gasteiger partial charge in [0, 0.05) is 16.5 Å². The third-order valence-corrected chi connectivity index (χ3v) is 3.54. The number of aryl methyl sites for hydroxylation is 2. The number of hydrogen-bond acceptors (Lipinski definition) is 2. The number of carbonyl (C=O) groups is 1. The van der Waals surface area contributed by atoms with E-state index in [-0.39, 0.29) is 11.3 Å². The lowest BCUT2D eigenvalue weighted by molar-refractivity contribution is 0.101. The maximum atomic E-state index is 13.6. The second-order valence-corrected chi connectivity index (χ2v) is 4.99. The molecule has 0 atom stereocenters. The Labute approximate surface area is 120 Å². The summed E-state index contributed by atoms with van der Waals surface area (Å²) in [5, 5.41) is 0.547. The van der Waals surface area contributed by atoms with Crippen molar-refractivity contribution in [3.05, 3.63) is 70.5 Å². The molecule has 0 unspecified atom stereocenters. The van der Waals surface area contributed by atoms with Gasteiger partial charge in [-0.3, -0.25) is 4.79 Å². The van der Waals surface area contributed by atoms with Crippen LogP contribution >= 0.6 is 0 Å². The molecule has 0 saturated carbocycles. The molecule has 0 fully saturated rings. The van der Waals surface area contributed by atoms with Gasteiger partial charge in [0.2, 0.25) is 5.78 Å². The van der Waals surface area contributed by atoms with Crippen LogP contribution in [0.5, 0.6) is 0 Å². The molecule has 0 amide bonds. The SMILES string of the molecule is Cc1ccc(C(=O)c2oc3ccc(F)cc3c2C)cc1F. The lowest BCUT2D eigenvalue weighted by atomic mass is 10.0. The van der Waals surface area contributed by atoms with Crippen molar-refractivity contribution in [3.8, 4) is 0 Å². The molecule has 3 rings (SSSR count). The Hall–Kier alpha value is -2.49. The molecule has 2 aromatic carbocycles. The zero-order chi connectivity index (χ0) is 15.1. The molecule has 21 heavy (non-hydrogen) atoms. The van der Waals surface area contributed by atoms with Crippen LogP contribution in [0.15, 0.2) is 40.8 Å². The zero-order valence-corrected chi connectivity index (χ0v) is 11.5. The van der Waals surface area contributed by atoms with Crippen LogP contribution in [-0.2, 0) is 0 Å². The Balaban J connectivity index is 2.13. The average Bonchev–Trinajstić information content (AvgIpc) is 2.78. The average molecular weight is 286 g/mol. The van der Waals surface area contributed by atoms with Crippen LogP contribution in [0.2, 0.25) is 0 Å². The van der Waals surface area contributed by atoms with Gasteiger partial charge < -0.3 is 4.42 Å². The Bertz CT molecular complexity index is 863. The molecular formula is C17H12F2O2. The highest BCUT2D eigenvalue weighted by Gasteiger charge is 2.20. The van der Waals surface area contributed by atoms with Gasteiger partial charge in [-0.25, -0.2) is 8.78 Å². The van der Waals surface area contributed by atoms with Crippen LogP contribution in [0.4, 0.5) is 8.78 Å². The first-order valence-electron chi connectivity index (χ1n) is 6.47. The highest BCUT2D eigenvalue weighted by Crippen LogP contribution is 2.28. The van der Waals surface area contributed by atoms with Gasteiger partial charge in [-0.2, -0.15) is 0 Å². The number of rotatable bonds is 2. The van der Waals surface area contributed by atoms with Crippen LogP contribution in [0.25, 0.3) is 11.0 Å². The molecule has 0 aliphatic heterocycles. The molecule has 4 heteroatoms. The van der Waals surface area contributed by atoms with Crippen LogP contribution in [0.3, 0.4) is 0 Å². The van der Waals surface area contributed by atoms with Crippen molar-refractivity contribution in [2.75, 3.05) is 0 Å². The number of furan rings is 1. The molecule has 106 valence electrons. The van der Waals surface area contributed by atoms with E-state index in [0.29, 0.717) is 22.1 Å². The highest BCUT2D eigenvalue weighted by molar-refractivity contribution is 6.10. The van der Waals surface area contributed by atoms with E-state index in [2.05, 4.69) is 0 Å². The van der Waals surface area contributed by atoms with Crippen molar-refractivity contribution >= 4 is 16.8 Å². The number of hydrogen-bond donors (Lipinski definition) is 0. The van der Waals surface area contributed by atoms with E-state index < -0.39 is 17.4 Å². The monoisotopic (exact) mass is 286 g/mol. The molecule has 0 aliphatic rings. The minimum Gasteiger partial charge on any atom is -0.452 e. The summed E-state index contributed by atoms with van der Waals surface area (Å²) in [4.78, 5) is 12.4. The molecule has 2 nitrogen and oxygen atoms in total. The zero-order valence-electron chi connectivity index (χ0n) is 11.5. The summed E-state index contributed by atoms with van der Waals surface area (Å²) >= 11 is 0. The van der Waals surface area contributed by atoms with Crippen molar-refractivity contribution in [2.24, 2.45) is 0 Å². The number of benzene rings is 2. The molecular weight excluding hydrogens is 274 g/mol. The van der Waals surface area contributed by atoms with Crippen LogP contribution in [0, 0.1) is 25.5 Å². The molecule has 1 heterocycles. The topological polar surface area (TPSA) is 30.2 Å². The smallest absolute Gasteiger partial charge is 0.228 e. The predicted molar refractivity (Wildman–Crippen MR) is 75.5 cm³/mol. The predicted octanol–water partition coefficient (Wildman–Crippen LogP) is 4.56. The summed E-state index contributed by atoms with van der Waals surface area (Å²) in [5.41, 5.74) is 1.66. The normalized spacial score (nSPS) is 11.0. The molecule has 3 aromatic rings. The van der Waals surface area contributed by atoms with Crippen LogP contribution in [-0.4, -0.2) is 5.78 Å². The highest BCUT2D eigenvalue weighted by atomic mass is 19.1. The van der Waals surface area contributed by atoms with Crippen molar-refractivity contribution in [3.63, 3.8) is 0 Å². The van der Waals surface area contributed by atoms with Crippen molar-refractivity contribution in [1.82, 2.24) is 0 Å². The molecule has 0 bridgehead atoms. The first-order valence-corrected chi connectivity index (χ1v) is 6.47. The fraction of sp³-hybridized carbons (Fsp3) is 0.118. The maximum absolute atomic E-state index is 13.6. The summed E-state index contributed by atoms with van der Waals surface area (Å²) in [6.45, 7) is 3.31. The lowest BCUT2D eigenvalue weighted by Crippen LogP contribution is -2.02. The van der Waals surface area contributed by atoms with E-state index >= 15 is 0 Å². The molecule has 0 aliphatic carbocycles. The van der Waals surface area contributed by atoms with E-state index in [9.17, 15) is 13.6 Å². The molecule has 1 aromatic heterocycles. The lowest BCUT2D eigenvalue weighted by Gasteiger charge is -2.01. The third-order valence-electron chi connectivity index (χ3n) is 3.54. The van der Waals surface area contributed by atoms with Gasteiger partial charge in [0.25, 0.3) is 0 Å². The molecule has 0 saturated heterocycles. The second-order valence-electron chi connectivity index (χ2n) is 4.99. The molecule has 0 N–H and O–H groups in total. The summed E-state index contributed by atoms with van der Waals surface area (Å²) in [5.74, 6) is -1.14. The molecule has 0 radical (unpaired) electrons. The van der Waals surface area contributed by atoms with Gasteiger partial charge in [-0.15, -0.1) is 0 Å². The van der Waals surface area contributed by atoms with Crippen molar-refractivity contribution in [1.29, 1.82) is 0 Å². The summed E-state index contributed by atoms with van der Waals surface area (Å²) in [6, 6.07) is 8.34. The fourth-order valence-electron chi connectivity index (χ4n) is 2.27. The standard InChI is InChI=1S/C17H12F2O2/c1-9-3-4-11(7-14(9)19)16(20)17-10(2)13-8-12(18)5-6-15(13)21-17/h3-8H,1-2H3. The fourth-order valence-corrected chi connectivity index (χ4v) is 2.27. The number of fused-ring (bicyclic) bond motifs is 1. The van der Waals surface area contributed by atoms with E-state index in [1.807, 2.05) is 0 Å². The Morgan fingerprint density at radius 2 is 1.81 bits per heavy atom.